The normalized spacial score (nSPS) is 11.6. The van der Waals surface area contributed by atoms with E-state index in [-0.39, 0.29) is 0 Å². The maximum Gasteiger partial charge on any atom is 0.164 e. The maximum atomic E-state index is 6.60. The van der Waals surface area contributed by atoms with Crippen LogP contribution >= 0.6 is 11.3 Å². The number of rotatable bonds is 5. The Balaban J connectivity index is 1.09. The number of fused-ring (bicyclic) bond motifs is 6. The third-order valence-corrected chi connectivity index (χ3v) is 10.5. The second-order valence-corrected chi connectivity index (χ2v) is 13.5. The molecule has 4 nitrogen and oxygen atoms in total. The first-order chi connectivity index (χ1) is 24.8. The van der Waals surface area contributed by atoms with Gasteiger partial charge in [0.25, 0.3) is 0 Å². The number of hydrogen-bond donors (Lipinski definition) is 0. The highest BCUT2D eigenvalue weighted by molar-refractivity contribution is 7.25. The highest BCUT2D eigenvalue weighted by Crippen LogP contribution is 2.43. The summed E-state index contributed by atoms with van der Waals surface area (Å²) in [5.41, 5.74) is 9.12. The lowest BCUT2D eigenvalue weighted by Gasteiger charge is -2.12. The van der Waals surface area contributed by atoms with Gasteiger partial charge in [-0.15, -0.1) is 11.3 Å². The predicted octanol–water partition coefficient (Wildman–Crippen LogP) is 12.5. The molecule has 5 heteroatoms. The molecule has 0 radical (unpaired) electrons. The first kappa shape index (κ1) is 28.6. The second-order valence-electron chi connectivity index (χ2n) is 12.4. The van der Waals surface area contributed by atoms with E-state index in [1.807, 2.05) is 78.1 Å². The number of hydrogen-bond acceptors (Lipinski definition) is 5. The van der Waals surface area contributed by atoms with Crippen molar-refractivity contribution in [3.8, 4) is 56.4 Å². The second kappa shape index (κ2) is 11.6. The maximum absolute atomic E-state index is 6.60. The fourth-order valence-corrected chi connectivity index (χ4v) is 8.12. The third-order valence-electron chi connectivity index (χ3n) is 9.36. The molecule has 0 spiro atoms. The summed E-state index contributed by atoms with van der Waals surface area (Å²) in [6.07, 6.45) is 0. The van der Waals surface area contributed by atoms with Crippen molar-refractivity contribution < 1.29 is 4.42 Å². The van der Waals surface area contributed by atoms with Gasteiger partial charge in [-0.25, -0.2) is 15.0 Å². The lowest BCUT2D eigenvalue weighted by atomic mass is 9.91. The highest BCUT2D eigenvalue weighted by Gasteiger charge is 2.17. The predicted molar refractivity (Wildman–Crippen MR) is 207 cm³/mol. The zero-order valence-corrected chi connectivity index (χ0v) is 27.6. The van der Waals surface area contributed by atoms with Gasteiger partial charge in [-0.2, -0.15) is 0 Å². The van der Waals surface area contributed by atoms with Gasteiger partial charge in [0.2, 0.25) is 0 Å². The molecule has 10 aromatic rings. The number of benzene rings is 7. The number of aromatic nitrogens is 3. The molecule has 0 saturated heterocycles. The Bertz CT molecular complexity index is 2820. The molecule has 0 saturated carbocycles. The summed E-state index contributed by atoms with van der Waals surface area (Å²) in [4.78, 5) is 14.7. The summed E-state index contributed by atoms with van der Waals surface area (Å²) >= 11 is 1.85. The van der Waals surface area contributed by atoms with E-state index in [0.717, 1.165) is 44.2 Å². The quantitative estimate of drug-likeness (QED) is 0.185. The number of furan rings is 1. The van der Waals surface area contributed by atoms with Crippen LogP contribution in [0, 0.1) is 0 Å². The Kier molecular flexibility index (Phi) is 6.64. The van der Waals surface area contributed by atoms with Gasteiger partial charge in [0.15, 0.2) is 17.5 Å². The minimum atomic E-state index is 0.602. The molecule has 3 aromatic heterocycles. The van der Waals surface area contributed by atoms with Crippen molar-refractivity contribution in [1.82, 2.24) is 15.0 Å². The first-order valence-electron chi connectivity index (χ1n) is 16.6. The minimum absolute atomic E-state index is 0.602. The van der Waals surface area contributed by atoms with Crippen LogP contribution in [0.1, 0.15) is 0 Å². The molecule has 0 amide bonds. The Hall–Kier alpha value is -6.43. The SMILES string of the molecule is c1ccc(-c2nc(-c3ccccc3)nc(-c3ccc4c(c3)oc3cc(-c5ccccc5-c5cccc6sc7ccccc7c56)ccc34)n2)cc1. The van der Waals surface area contributed by atoms with E-state index in [9.17, 15) is 0 Å². The van der Waals surface area contributed by atoms with Crippen molar-refractivity contribution in [2.75, 3.05) is 0 Å². The molecular formula is C45H27N3OS. The Morgan fingerprint density at radius 3 is 1.58 bits per heavy atom. The molecule has 0 aliphatic heterocycles. The summed E-state index contributed by atoms with van der Waals surface area (Å²) in [5.74, 6) is 1.87. The van der Waals surface area contributed by atoms with E-state index in [4.69, 9.17) is 19.4 Å². The highest BCUT2D eigenvalue weighted by atomic mass is 32.1. The third kappa shape index (κ3) is 4.79. The van der Waals surface area contributed by atoms with Crippen LogP contribution in [-0.2, 0) is 0 Å². The van der Waals surface area contributed by atoms with Crippen molar-refractivity contribution in [3.63, 3.8) is 0 Å². The number of thiophene rings is 1. The molecule has 0 N–H and O–H groups in total. The van der Waals surface area contributed by atoms with Crippen LogP contribution in [0.25, 0.3) is 98.5 Å². The summed E-state index contributed by atoms with van der Waals surface area (Å²) in [6, 6.07) is 56.9. The summed E-state index contributed by atoms with van der Waals surface area (Å²) in [7, 11) is 0. The molecule has 3 heterocycles. The first-order valence-corrected chi connectivity index (χ1v) is 17.4. The summed E-state index contributed by atoms with van der Waals surface area (Å²) in [5, 5.41) is 4.73. The fraction of sp³-hybridized carbons (Fsp3) is 0. The lowest BCUT2D eigenvalue weighted by Crippen LogP contribution is -2.00. The van der Waals surface area contributed by atoms with Crippen molar-refractivity contribution in [1.29, 1.82) is 0 Å². The monoisotopic (exact) mass is 657 g/mol. The van der Waals surface area contributed by atoms with Crippen molar-refractivity contribution in [3.05, 3.63) is 164 Å². The lowest BCUT2D eigenvalue weighted by molar-refractivity contribution is 0.669. The summed E-state index contributed by atoms with van der Waals surface area (Å²) in [6.45, 7) is 0. The average Bonchev–Trinajstić information content (AvgIpc) is 3.76. The van der Waals surface area contributed by atoms with Gasteiger partial charge in [0.1, 0.15) is 11.2 Å². The molecule has 234 valence electrons. The largest absolute Gasteiger partial charge is 0.456 e. The molecule has 0 fully saturated rings. The molecule has 0 bridgehead atoms. The minimum Gasteiger partial charge on any atom is -0.456 e. The van der Waals surface area contributed by atoms with Gasteiger partial charge in [0.05, 0.1) is 0 Å². The zero-order valence-electron chi connectivity index (χ0n) is 26.7. The van der Waals surface area contributed by atoms with Gasteiger partial charge in [-0.1, -0.05) is 127 Å². The molecule has 50 heavy (non-hydrogen) atoms. The molecule has 0 atom stereocenters. The van der Waals surface area contributed by atoms with E-state index in [1.54, 1.807) is 0 Å². The van der Waals surface area contributed by atoms with Gasteiger partial charge in [-0.05, 0) is 58.7 Å². The molecule has 10 rings (SSSR count). The summed E-state index contributed by atoms with van der Waals surface area (Å²) < 4.78 is 9.20. The fourth-order valence-electron chi connectivity index (χ4n) is 6.99. The molecule has 0 unspecified atom stereocenters. The standard InChI is InChI=1S/C45H27N3OS/c1-3-12-28(13-4-1)43-46-44(29-14-5-2-6-15-29)48-45(47-43)31-23-25-35-34-24-22-30(26-38(34)49-39(35)27-31)32-16-7-8-17-33(32)36-19-11-21-41-42(36)37-18-9-10-20-40(37)50-41/h1-27H. The van der Waals surface area contributed by atoms with Crippen LogP contribution in [0.5, 0.6) is 0 Å². The van der Waals surface area contributed by atoms with Crippen LogP contribution < -0.4 is 0 Å². The van der Waals surface area contributed by atoms with Crippen molar-refractivity contribution in [2.45, 2.75) is 0 Å². The average molecular weight is 658 g/mol. The zero-order chi connectivity index (χ0) is 33.0. The van der Waals surface area contributed by atoms with Crippen molar-refractivity contribution >= 4 is 53.4 Å². The van der Waals surface area contributed by atoms with Gasteiger partial charge in [0, 0.05) is 47.6 Å². The van der Waals surface area contributed by atoms with Gasteiger partial charge in [-0.3, -0.25) is 0 Å². The molecule has 0 aliphatic rings. The topological polar surface area (TPSA) is 51.8 Å². The Labute approximate surface area is 292 Å². The van der Waals surface area contributed by atoms with Crippen molar-refractivity contribution in [2.24, 2.45) is 0 Å². The van der Waals surface area contributed by atoms with E-state index >= 15 is 0 Å². The van der Waals surface area contributed by atoms with Crippen LogP contribution in [0.3, 0.4) is 0 Å². The molecular weight excluding hydrogens is 631 g/mol. The van der Waals surface area contributed by atoms with Crippen LogP contribution in [0.4, 0.5) is 0 Å². The van der Waals surface area contributed by atoms with Crippen LogP contribution in [0.2, 0.25) is 0 Å². The van der Waals surface area contributed by atoms with E-state index in [2.05, 4.69) is 97.1 Å². The molecule has 0 aliphatic carbocycles. The smallest absolute Gasteiger partial charge is 0.164 e. The van der Waals surface area contributed by atoms with Gasteiger partial charge >= 0.3 is 0 Å². The van der Waals surface area contributed by atoms with E-state index in [0.29, 0.717) is 17.5 Å². The van der Waals surface area contributed by atoms with E-state index < -0.39 is 0 Å². The van der Waals surface area contributed by atoms with Crippen LogP contribution in [0.15, 0.2) is 168 Å². The molecule has 7 aromatic carbocycles. The van der Waals surface area contributed by atoms with E-state index in [1.165, 1.54) is 36.9 Å². The van der Waals surface area contributed by atoms with Gasteiger partial charge < -0.3 is 4.42 Å². The Morgan fingerprint density at radius 1 is 0.360 bits per heavy atom. The van der Waals surface area contributed by atoms with Crippen LogP contribution in [-0.4, -0.2) is 15.0 Å². The number of nitrogens with zero attached hydrogens (tertiary/aromatic N) is 3. The Morgan fingerprint density at radius 2 is 0.880 bits per heavy atom.